The van der Waals surface area contributed by atoms with Gasteiger partial charge < -0.3 is 19.5 Å². The van der Waals surface area contributed by atoms with Crippen molar-refractivity contribution in [3.63, 3.8) is 0 Å². The Morgan fingerprint density at radius 3 is 2.73 bits per heavy atom. The van der Waals surface area contributed by atoms with Gasteiger partial charge in [-0.3, -0.25) is 9.69 Å². The van der Waals surface area contributed by atoms with E-state index in [0.717, 1.165) is 16.7 Å². The number of amides is 1. The molecule has 1 aliphatic heterocycles. The van der Waals surface area contributed by atoms with E-state index < -0.39 is 0 Å². The molecule has 0 saturated heterocycles. The SMILES string of the molecule is COc1ccccc1-c1cnc2c(c1)C(=O)N([C@@H](C)CO)C[C@@H](C)[C@@H](CN(C)Cc1cccc(F)c1)O2. The van der Waals surface area contributed by atoms with Crippen LogP contribution in [0.2, 0.25) is 0 Å². The molecule has 1 amide bonds. The summed E-state index contributed by atoms with van der Waals surface area (Å²) in [5.41, 5.74) is 2.76. The van der Waals surface area contributed by atoms with Crippen molar-refractivity contribution in [3.8, 4) is 22.8 Å². The number of aliphatic hydroxyl groups excluding tert-OH is 1. The third-order valence-electron chi connectivity index (χ3n) is 6.77. The van der Waals surface area contributed by atoms with Crippen LogP contribution >= 0.6 is 0 Å². The van der Waals surface area contributed by atoms with E-state index in [1.54, 1.807) is 30.3 Å². The average molecular weight is 508 g/mol. The second-order valence-electron chi connectivity index (χ2n) is 9.73. The standard InChI is InChI=1S/C29H34FN3O4/c1-19-15-33(20(2)18-34)29(35)25-13-22(24-10-5-6-11-26(24)36-4)14-31-28(25)37-27(19)17-32(3)16-21-8-7-9-23(30)12-21/h5-14,19-20,27,34H,15-18H2,1-4H3/t19-,20+,27-/m1/s1. The minimum absolute atomic E-state index is 0.0447. The summed E-state index contributed by atoms with van der Waals surface area (Å²) in [6, 6.07) is 15.5. The molecule has 196 valence electrons. The van der Waals surface area contributed by atoms with Gasteiger partial charge in [-0.2, -0.15) is 0 Å². The molecule has 4 rings (SSSR count). The first-order valence-corrected chi connectivity index (χ1v) is 12.5. The zero-order valence-corrected chi connectivity index (χ0v) is 21.7. The Morgan fingerprint density at radius 1 is 1.22 bits per heavy atom. The largest absolute Gasteiger partial charge is 0.496 e. The number of halogens is 1. The third kappa shape index (κ3) is 6.09. The summed E-state index contributed by atoms with van der Waals surface area (Å²) >= 11 is 0. The van der Waals surface area contributed by atoms with Crippen LogP contribution in [0.3, 0.4) is 0 Å². The van der Waals surface area contributed by atoms with Crippen molar-refractivity contribution in [3.05, 3.63) is 77.7 Å². The maximum absolute atomic E-state index is 13.7. The maximum atomic E-state index is 13.7. The summed E-state index contributed by atoms with van der Waals surface area (Å²) < 4.78 is 25.6. The molecule has 1 aromatic heterocycles. The smallest absolute Gasteiger partial charge is 0.259 e. The molecule has 0 bridgehead atoms. The second kappa shape index (κ2) is 11.7. The van der Waals surface area contributed by atoms with Crippen molar-refractivity contribution in [1.29, 1.82) is 0 Å². The van der Waals surface area contributed by atoms with Crippen molar-refractivity contribution in [2.75, 3.05) is 33.9 Å². The van der Waals surface area contributed by atoms with Crippen LogP contribution in [0, 0.1) is 11.7 Å². The highest BCUT2D eigenvalue weighted by atomic mass is 19.1. The molecule has 0 unspecified atom stereocenters. The number of hydrogen-bond acceptors (Lipinski definition) is 6. The summed E-state index contributed by atoms with van der Waals surface area (Å²) in [5, 5.41) is 9.90. The topological polar surface area (TPSA) is 75.1 Å². The quantitative estimate of drug-likeness (QED) is 0.492. The number of para-hydroxylation sites is 1. The molecule has 0 radical (unpaired) electrons. The number of ether oxygens (including phenoxy) is 2. The fourth-order valence-corrected chi connectivity index (χ4v) is 4.67. The van der Waals surface area contributed by atoms with E-state index in [9.17, 15) is 14.3 Å². The number of benzene rings is 2. The highest BCUT2D eigenvalue weighted by Crippen LogP contribution is 2.34. The Kier molecular flexibility index (Phi) is 8.41. The molecule has 3 atom stereocenters. The van der Waals surface area contributed by atoms with Crippen molar-refractivity contribution in [2.45, 2.75) is 32.5 Å². The van der Waals surface area contributed by atoms with E-state index in [2.05, 4.69) is 9.88 Å². The van der Waals surface area contributed by atoms with Gasteiger partial charge in [-0.1, -0.05) is 37.3 Å². The summed E-state index contributed by atoms with van der Waals surface area (Å²) in [5.74, 6) is 0.387. The van der Waals surface area contributed by atoms with E-state index in [1.165, 1.54) is 12.1 Å². The van der Waals surface area contributed by atoms with Gasteiger partial charge in [0.1, 0.15) is 23.2 Å². The van der Waals surface area contributed by atoms with Gasteiger partial charge in [-0.25, -0.2) is 9.37 Å². The number of rotatable bonds is 8. The number of fused-ring (bicyclic) bond motifs is 1. The normalized spacial score (nSPS) is 18.6. The first kappa shape index (κ1) is 26.6. The number of aliphatic hydroxyl groups is 1. The molecule has 3 aromatic rings. The Balaban J connectivity index is 1.67. The molecule has 0 saturated carbocycles. The number of likely N-dealkylation sites (N-methyl/N-ethyl adjacent to an activating group) is 1. The molecule has 0 fully saturated rings. The summed E-state index contributed by atoms with van der Waals surface area (Å²) in [4.78, 5) is 22.0. The van der Waals surface area contributed by atoms with Crippen molar-refractivity contribution < 1.29 is 23.8 Å². The number of carbonyl (C=O) groups is 1. The van der Waals surface area contributed by atoms with E-state index in [-0.39, 0.29) is 42.3 Å². The van der Waals surface area contributed by atoms with Gasteiger partial charge in [0, 0.05) is 42.9 Å². The first-order chi connectivity index (χ1) is 17.8. The van der Waals surface area contributed by atoms with Gasteiger partial charge in [0.2, 0.25) is 5.88 Å². The predicted molar refractivity (Wildman–Crippen MR) is 140 cm³/mol. The van der Waals surface area contributed by atoms with Gasteiger partial charge in [-0.05, 0) is 43.8 Å². The first-order valence-electron chi connectivity index (χ1n) is 12.5. The summed E-state index contributed by atoms with van der Waals surface area (Å²) in [6.07, 6.45) is 1.40. The van der Waals surface area contributed by atoms with Crippen molar-refractivity contribution in [1.82, 2.24) is 14.8 Å². The van der Waals surface area contributed by atoms with E-state index >= 15 is 0 Å². The van der Waals surface area contributed by atoms with E-state index in [1.807, 2.05) is 51.2 Å². The van der Waals surface area contributed by atoms with Gasteiger partial charge in [0.25, 0.3) is 5.91 Å². The van der Waals surface area contributed by atoms with Gasteiger partial charge in [0.05, 0.1) is 19.8 Å². The van der Waals surface area contributed by atoms with Crippen LogP contribution in [0.5, 0.6) is 11.6 Å². The lowest BCUT2D eigenvalue weighted by Crippen LogP contribution is -2.49. The molecule has 2 aromatic carbocycles. The Bertz CT molecular complexity index is 1240. The molecule has 37 heavy (non-hydrogen) atoms. The Morgan fingerprint density at radius 2 is 2.00 bits per heavy atom. The molecule has 2 heterocycles. The number of aromatic nitrogens is 1. The highest BCUT2D eigenvalue weighted by molar-refractivity contribution is 5.98. The van der Waals surface area contributed by atoms with Crippen LogP contribution in [-0.2, 0) is 6.54 Å². The Labute approximate surface area is 217 Å². The minimum atomic E-state index is -0.374. The minimum Gasteiger partial charge on any atom is -0.496 e. The average Bonchev–Trinajstić information content (AvgIpc) is 2.90. The van der Waals surface area contributed by atoms with Crippen LogP contribution in [0.4, 0.5) is 4.39 Å². The van der Waals surface area contributed by atoms with E-state index in [4.69, 9.17) is 9.47 Å². The molecule has 0 spiro atoms. The number of pyridine rings is 1. The summed E-state index contributed by atoms with van der Waals surface area (Å²) in [7, 11) is 3.56. The van der Waals surface area contributed by atoms with E-state index in [0.29, 0.717) is 30.9 Å². The lowest BCUT2D eigenvalue weighted by molar-refractivity contribution is 0.0325. The van der Waals surface area contributed by atoms with Crippen molar-refractivity contribution >= 4 is 5.91 Å². The molecular formula is C29H34FN3O4. The number of nitrogens with zero attached hydrogens (tertiary/aromatic N) is 3. The molecule has 0 aliphatic carbocycles. The van der Waals surface area contributed by atoms with Gasteiger partial charge in [-0.15, -0.1) is 0 Å². The molecule has 7 nitrogen and oxygen atoms in total. The Hall–Kier alpha value is -3.49. The fraction of sp³-hybridized carbons (Fsp3) is 0.379. The third-order valence-corrected chi connectivity index (χ3v) is 6.77. The zero-order valence-electron chi connectivity index (χ0n) is 21.7. The number of hydrogen-bond donors (Lipinski definition) is 1. The highest BCUT2D eigenvalue weighted by Gasteiger charge is 2.34. The van der Waals surface area contributed by atoms with Gasteiger partial charge in [0.15, 0.2) is 0 Å². The molecular weight excluding hydrogens is 473 g/mol. The maximum Gasteiger partial charge on any atom is 0.259 e. The fourth-order valence-electron chi connectivity index (χ4n) is 4.67. The zero-order chi connectivity index (χ0) is 26.5. The monoisotopic (exact) mass is 507 g/mol. The van der Waals surface area contributed by atoms with Crippen molar-refractivity contribution in [2.24, 2.45) is 5.92 Å². The predicted octanol–water partition coefficient (Wildman–Crippen LogP) is 4.25. The van der Waals surface area contributed by atoms with Crippen LogP contribution in [0.25, 0.3) is 11.1 Å². The lowest BCUT2D eigenvalue weighted by Gasteiger charge is -2.37. The second-order valence-corrected chi connectivity index (χ2v) is 9.73. The van der Waals surface area contributed by atoms with Crippen LogP contribution < -0.4 is 9.47 Å². The van der Waals surface area contributed by atoms with Crippen LogP contribution in [0.15, 0.2) is 60.8 Å². The molecule has 1 aliphatic rings. The van der Waals surface area contributed by atoms with Crippen LogP contribution in [-0.4, -0.2) is 71.8 Å². The summed E-state index contributed by atoms with van der Waals surface area (Å²) in [6.45, 7) is 5.21. The molecule has 8 heteroatoms. The number of carbonyl (C=O) groups excluding carboxylic acids is 1. The molecule has 1 N–H and O–H groups in total. The number of methoxy groups -OCH3 is 1. The van der Waals surface area contributed by atoms with Gasteiger partial charge >= 0.3 is 0 Å². The van der Waals surface area contributed by atoms with Crippen LogP contribution in [0.1, 0.15) is 29.8 Å². The lowest BCUT2D eigenvalue weighted by atomic mass is 9.99.